The van der Waals surface area contributed by atoms with Gasteiger partial charge in [0.1, 0.15) is 11.5 Å². The molecule has 0 bridgehead atoms. The summed E-state index contributed by atoms with van der Waals surface area (Å²) in [6, 6.07) is 4.59. The van der Waals surface area contributed by atoms with Crippen LogP contribution in [0, 0.1) is 0 Å². The molecule has 0 aliphatic heterocycles. The van der Waals surface area contributed by atoms with Gasteiger partial charge in [-0.1, -0.05) is 28.1 Å². The first kappa shape index (κ1) is 14.1. The van der Waals surface area contributed by atoms with Crippen LogP contribution in [0.1, 0.15) is 36.2 Å². The maximum atomic E-state index is 13.0. The zero-order valence-electron chi connectivity index (χ0n) is 9.54. The predicted octanol–water partition coefficient (Wildman–Crippen LogP) is 4.05. The van der Waals surface area contributed by atoms with E-state index in [-0.39, 0.29) is 22.7 Å². The summed E-state index contributed by atoms with van der Waals surface area (Å²) >= 11 is 3.12. The molecular formula is C12H13BrF2O2. The number of Topliss-reactive ketones (excluding diaryl/α,β-unsaturated/α-hetero) is 1. The molecule has 2 nitrogen and oxygen atoms in total. The third-order valence-electron chi connectivity index (χ3n) is 2.25. The van der Waals surface area contributed by atoms with Crippen LogP contribution >= 0.6 is 15.9 Å². The number of ketones is 1. The van der Waals surface area contributed by atoms with Crippen LogP contribution in [0.3, 0.4) is 0 Å². The van der Waals surface area contributed by atoms with Crippen molar-refractivity contribution in [2.45, 2.75) is 25.1 Å². The summed E-state index contributed by atoms with van der Waals surface area (Å²) in [5.41, 5.74) is 0.0462. The Bertz CT molecular complexity index is 407. The van der Waals surface area contributed by atoms with Crippen molar-refractivity contribution in [1.82, 2.24) is 0 Å². The van der Waals surface area contributed by atoms with Gasteiger partial charge in [-0.2, -0.15) is 0 Å². The van der Waals surface area contributed by atoms with E-state index in [1.807, 2.05) is 0 Å². The Morgan fingerprint density at radius 2 is 2.12 bits per heavy atom. The van der Waals surface area contributed by atoms with E-state index in [4.69, 9.17) is 4.74 Å². The Hall–Kier alpha value is -0.970. The number of benzene rings is 1. The number of carbonyl (C=O) groups is 1. The second-order valence-electron chi connectivity index (χ2n) is 3.47. The van der Waals surface area contributed by atoms with Crippen molar-refractivity contribution < 1.29 is 18.3 Å². The molecule has 0 amide bonds. The van der Waals surface area contributed by atoms with Gasteiger partial charge < -0.3 is 4.74 Å². The molecule has 0 aliphatic rings. The van der Waals surface area contributed by atoms with Crippen LogP contribution in [0.25, 0.3) is 0 Å². The van der Waals surface area contributed by atoms with E-state index >= 15 is 0 Å². The number of carbonyl (C=O) groups excluding carboxylic acids is 1. The molecule has 0 aromatic heterocycles. The zero-order valence-corrected chi connectivity index (χ0v) is 11.1. The van der Waals surface area contributed by atoms with E-state index in [1.54, 1.807) is 13.0 Å². The van der Waals surface area contributed by atoms with Gasteiger partial charge >= 0.3 is 0 Å². The second-order valence-corrected chi connectivity index (χ2v) is 4.38. The molecule has 5 heteroatoms. The minimum Gasteiger partial charge on any atom is -0.493 e. The highest BCUT2D eigenvalue weighted by molar-refractivity contribution is 9.09. The zero-order chi connectivity index (χ0) is 13.0. The molecule has 0 N–H and O–H groups in total. The highest BCUT2D eigenvalue weighted by atomic mass is 79.9. The van der Waals surface area contributed by atoms with Gasteiger partial charge in [-0.25, -0.2) is 8.78 Å². The lowest BCUT2D eigenvalue weighted by Crippen LogP contribution is -2.07. The van der Waals surface area contributed by atoms with Gasteiger partial charge in [0.05, 0.1) is 17.0 Å². The SMILES string of the molecule is CCOc1cccc(C(Br)C(C)=O)c1C(F)F. The van der Waals surface area contributed by atoms with Crippen molar-refractivity contribution in [3.05, 3.63) is 29.3 Å². The van der Waals surface area contributed by atoms with Crippen LogP contribution in [0.4, 0.5) is 8.78 Å². The fourth-order valence-corrected chi connectivity index (χ4v) is 1.92. The Balaban J connectivity index is 3.29. The quantitative estimate of drug-likeness (QED) is 0.767. The van der Waals surface area contributed by atoms with E-state index in [0.29, 0.717) is 6.61 Å². The largest absolute Gasteiger partial charge is 0.493 e. The maximum absolute atomic E-state index is 13.0. The third kappa shape index (κ3) is 3.25. The Kier molecular flexibility index (Phi) is 5.05. The van der Waals surface area contributed by atoms with E-state index < -0.39 is 11.3 Å². The molecule has 1 unspecified atom stereocenters. The first-order valence-corrected chi connectivity index (χ1v) is 6.08. The Morgan fingerprint density at radius 1 is 1.47 bits per heavy atom. The second kappa shape index (κ2) is 6.10. The van der Waals surface area contributed by atoms with Crippen LogP contribution in [0.15, 0.2) is 18.2 Å². The molecule has 0 fully saturated rings. The lowest BCUT2D eigenvalue weighted by Gasteiger charge is -2.16. The minimum absolute atomic E-state index is 0.130. The van der Waals surface area contributed by atoms with E-state index in [2.05, 4.69) is 15.9 Å². The summed E-state index contributed by atoms with van der Waals surface area (Å²) in [6.07, 6.45) is -2.67. The van der Waals surface area contributed by atoms with Gasteiger partial charge in [0.2, 0.25) is 0 Å². The van der Waals surface area contributed by atoms with E-state index in [1.165, 1.54) is 19.1 Å². The summed E-state index contributed by atoms with van der Waals surface area (Å²) in [7, 11) is 0. The third-order valence-corrected chi connectivity index (χ3v) is 3.39. The van der Waals surface area contributed by atoms with Gasteiger partial charge in [-0.15, -0.1) is 0 Å². The van der Waals surface area contributed by atoms with Crippen molar-refractivity contribution in [3.63, 3.8) is 0 Å². The number of ether oxygens (including phenoxy) is 1. The van der Waals surface area contributed by atoms with Crippen LogP contribution in [0.2, 0.25) is 0 Å². The molecule has 0 saturated heterocycles. The highest BCUT2D eigenvalue weighted by Crippen LogP contribution is 2.38. The van der Waals surface area contributed by atoms with Gasteiger partial charge in [-0.3, -0.25) is 4.79 Å². The fraction of sp³-hybridized carbons (Fsp3) is 0.417. The average Bonchev–Trinajstić information content (AvgIpc) is 2.27. The summed E-state index contributed by atoms with van der Waals surface area (Å²) in [4.78, 5) is 10.5. The van der Waals surface area contributed by atoms with Crippen molar-refractivity contribution in [1.29, 1.82) is 0 Å². The number of halogens is 3. The summed E-state index contributed by atoms with van der Waals surface area (Å²) in [5, 5.41) is 0. The first-order valence-electron chi connectivity index (χ1n) is 5.17. The van der Waals surface area contributed by atoms with E-state index in [9.17, 15) is 13.6 Å². The van der Waals surface area contributed by atoms with Crippen molar-refractivity contribution in [2.75, 3.05) is 6.61 Å². The molecular weight excluding hydrogens is 294 g/mol. The summed E-state index contributed by atoms with van der Waals surface area (Å²) < 4.78 is 31.2. The van der Waals surface area contributed by atoms with Crippen LogP contribution in [-0.4, -0.2) is 12.4 Å². The van der Waals surface area contributed by atoms with E-state index in [0.717, 1.165) is 0 Å². The molecule has 94 valence electrons. The lowest BCUT2D eigenvalue weighted by molar-refractivity contribution is -0.116. The minimum atomic E-state index is -2.67. The van der Waals surface area contributed by atoms with Crippen molar-refractivity contribution in [3.8, 4) is 5.75 Å². The molecule has 17 heavy (non-hydrogen) atoms. The molecule has 0 heterocycles. The monoisotopic (exact) mass is 306 g/mol. The van der Waals surface area contributed by atoms with Crippen LogP contribution in [0.5, 0.6) is 5.75 Å². The summed E-state index contributed by atoms with van der Waals surface area (Å²) in [5.74, 6) is -0.0914. The molecule has 0 spiro atoms. The molecule has 1 rings (SSSR count). The molecule has 0 saturated carbocycles. The number of rotatable bonds is 5. The molecule has 0 radical (unpaired) electrons. The van der Waals surface area contributed by atoms with Crippen LogP contribution < -0.4 is 4.74 Å². The summed E-state index contributed by atoms with van der Waals surface area (Å²) in [6.45, 7) is 3.37. The fourth-order valence-electron chi connectivity index (χ4n) is 1.52. The standard InChI is InChI=1S/C12H13BrF2O2/c1-3-17-9-6-4-5-8(10(9)12(14)15)11(13)7(2)16/h4-6,11-12H,3H2,1-2H3. The van der Waals surface area contributed by atoms with Crippen molar-refractivity contribution >= 4 is 21.7 Å². The smallest absolute Gasteiger partial charge is 0.267 e. The predicted molar refractivity (Wildman–Crippen MR) is 64.9 cm³/mol. The number of alkyl halides is 3. The lowest BCUT2D eigenvalue weighted by atomic mass is 10.0. The average molecular weight is 307 g/mol. The Morgan fingerprint density at radius 3 is 2.59 bits per heavy atom. The normalized spacial score (nSPS) is 12.6. The van der Waals surface area contributed by atoms with Crippen molar-refractivity contribution in [2.24, 2.45) is 0 Å². The highest BCUT2D eigenvalue weighted by Gasteiger charge is 2.24. The molecule has 1 atom stereocenters. The van der Waals surface area contributed by atoms with Crippen LogP contribution in [-0.2, 0) is 4.79 Å². The van der Waals surface area contributed by atoms with Gasteiger partial charge in [-0.05, 0) is 25.5 Å². The van der Waals surface area contributed by atoms with Gasteiger partial charge in [0.25, 0.3) is 6.43 Å². The number of hydrogen-bond donors (Lipinski definition) is 0. The van der Waals surface area contributed by atoms with Gasteiger partial charge in [0, 0.05) is 0 Å². The maximum Gasteiger partial charge on any atom is 0.267 e. The topological polar surface area (TPSA) is 26.3 Å². The van der Waals surface area contributed by atoms with Gasteiger partial charge in [0.15, 0.2) is 0 Å². The Labute approximate surface area is 107 Å². The number of hydrogen-bond acceptors (Lipinski definition) is 2. The molecule has 0 aliphatic carbocycles. The first-order chi connectivity index (χ1) is 7.99. The molecule has 1 aromatic carbocycles. The molecule has 1 aromatic rings.